The van der Waals surface area contributed by atoms with Gasteiger partial charge in [0, 0.05) is 11.3 Å². The van der Waals surface area contributed by atoms with E-state index in [-0.39, 0.29) is 6.04 Å². The molecule has 4 nitrogen and oxygen atoms in total. The van der Waals surface area contributed by atoms with E-state index < -0.39 is 0 Å². The van der Waals surface area contributed by atoms with Crippen LogP contribution in [0.4, 0.5) is 17.3 Å². The molecule has 2 heterocycles. The van der Waals surface area contributed by atoms with Gasteiger partial charge in [-0.1, -0.05) is 66.7 Å². The fraction of sp³-hybridized carbons (Fsp3) is 0.0476. The average Bonchev–Trinajstić information content (AvgIpc) is 3.16. The van der Waals surface area contributed by atoms with Gasteiger partial charge < -0.3 is 0 Å². The number of hydrogen-bond acceptors (Lipinski definition) is 3. The lowest BCUT2D eigenvalue weighted by atomic mass is 9.95. The van der Waals surface area contributed by atoms with E-state index in [4.69, 9.17) is 0 Å². The van der Waals surface area contributed by atoms with Crippen LogP contribution in [0, 0.1) is 0 Å². The Labute approximate surface area is 146 Å². The van der Waals surface area contributed by atoms with E-state index in [1.54, 1.807) is 6.33 Å². The first-order valence-corrected chi connectivity index (χ1v) is 8.32. The van der Waals surface area contributed by atoms with Crippen molar-refractivity contribution in [3.8, 4) is 0 Å². The van der Waals surface area contributed by atoms with E-state index in [9.17, 15) is 0 Å². The topological polar surface area (TPSA) is 34.0 Å². The Balaban J connectivity index is 1.78. The molecule has 1 aliphatic heterocycles. The Morgan fingerprint density at radius 2 is 1.40 bits per heavy atom. The van der Waals surface area contributed by atoms with Gasteiger partial charge in [0.1, 0.15) is 12.4 Å². The highest BCUT2D eigenvalue weighted by Gasteiger charge is 2.33. The third-order valence-electron chi connectivity index (χ3n) is 4.60. The largest absolute Gasteiger partial charge is 0.279 e. The molecule has 5 rings (SSSR count). The molecule has 1 aliphatic rings. The highest BCUT2D eigenvalue weighted by molar-refractivity contribution is 5.78. The Morgan fingerprint density at radius 1 is 0.720 bits per heavy atom. The third-order valence-corrected chi connectivity index (χ3v) is 4.60. The lowest BCUT2D eigenvalue weighted by molar-refractivity contribution is 0.583. The minimum atomic E-state index is 0.0230. The van der Waals surface area contributed by atoms with E-state index in [0.717, 1.165) is 17.3 Å². The molecule has 0 radical (unpaired) electrons. The molecule has 0 aliphatic carbocycles. The Morgan fingerprint density at radius 3 is 2.20 bits per heavy atom. The fourth-order valence-corrected chi connectivity index (χ4v) is 3.54. The summed E-state index contributed by atoms with van der Waals surface area (Å²) in [7, 11) is 0. The van der Waals surface area contributed by atoms with Crippen LogP contribution in [-0.2, 0) is 0 Å². The van der Waals surface area contributed by atoms with Crippen LogP contribution in [0.3, 0.4) is 0 Å². The molecule has 4 heteroatoms. The summed E-state index contributed by atoms with van der Waals surface area (Å²) in [5, 5.41) is 4.55. The third kappa shape index (κ3) is 2.15. The van der Waals surface area contributed by atoms with Crippen LogP contribution >= 0.6 is 0 Å². The number of fused-ring (bicyclic) bond motifs is 2. The zero-order valence-electron chi connectivity index (χ0n) is 13.5. The van der Waals surface area contributed by atoms with Gasteiger partial charge in [-0.15, -0.1) is 0 Å². The number of aromatic nitrogens is 3. The highest BCUT2D eigenvalue weighted by atomic mass is 15.5. The zero-order valence-corrected chi connectivity index (χ0v) is 13.5. The van der Waals surface area contributed by atoms with Crippen molar-refractivity contribution in [2.75, 3.05) is 4.90 Å². The normalized spacial score (nSPS) is 15.5. The van der Waals surface area contributed by atoms with Crippen LogP contribution in [-0.4, -0.2) is 14.8 Å². The maximum absolute atomic E-state index is 4.57. The SMILES string of the molecule is c1ccc(C2c3ccccc3N(c3ccccc3)c3ncnn32)cc1. The summed E-state index contributed by atoms with van der Waals surface area (Å²) in [6, 6.07) is 29.3. The summed E-state index contributed by atoms with van der Waals surface area (Å²) in [6.45, 7) is 0. The van der Waals surface area contributed by atoms with Crippen molar-refractivity contribution in [2.45, 2.75) is 6.04 Å². The van der Waals surface area contributed by atoms with E-state index >= 15 is 0 Å². The summed E-state index contributed by atoms with van der Waals surface area (Å²) in [6.07, 6.45) is 1.63. The van der Waals surface area contributed by atoms with Gasteiger partial charge in [0.2, 0.25) is 5.95 Å². The molecular weight excluding hydrogens is 308 g/mol. The van der Waals surface area contributed by atoms with E-state index in [2.05, 4.69) is 75.6 Å². The maximum Gasteiger partial charge on any atom is 0.233 e. The molecule has 1 aromatic heterocycles. The van der Waals surface area contributed by atoms with Gasteiger partial charge in [-0.05, 0) is 23.8 Å². The summed E-state index contributed by atoms with van der Waals surface area (Å²) in [5.41, 5.74) is 4.64. The van der Waals surface area contributed by atoms with Gasteiger partial charge in [-0.3, -0.25) is 4.90 Å². The van der Waals surface area contributed by atoms with Crippen molar-refractivity contribution in [1.82, 2.24) is 14.8 Å². The maximum atomic E-state index is 4.57. The number of para-hydroxylation sites is 2. The molecule has 3 aromatic carbocycles. The molecule has 0 saturated carbocycles. The molecule has 0 saturated heterocycles. The molecule has 0 spiro atoms. The summed E-state index contributed by atoms with van der Waals surface area (Å²) in [5.74, 6) is 0.832. The van der Waals surface area contributed by atoms with Crippen LogP contribution in [0.1, 0.15) is 17.2 Å². The Hall–Kier alpha value is -3.40. The Kier molecular flexibility index (Phi) is 3.13. The summed E-state index contributed by atoms with van der Waals surface area (Å²) >= 11 is 0. The molecule has 120 valence electrons. The van der Waals surface area contributed by atoms with Crippen LogP contribution in [0.2, 0.25) is 0 Å². The van der Waals surface area contributed by atoms with Gasteiger partial charge in [0.25, 0.3) is 0 Å². The standard InChI is InChI=1S/C21H16N4/c1-3-9-16(10-4-1)20-18-13-7-8-14-19(18)24(17-11-5-2-6-12-17)21-22-15-23-25(20)21/h1-15,20H. The van der Waals surface area contributed by atoms with Crippen LogP contribution < -0.4 is 4.90 Å². The van der Waals surface area contributed by atoms with Gasteiger partial charge in [0.05, 0.1) is 5.69 Å². The minimum Gasteiger partial charge on any atom is -0.279 e. The lowest BCUT2D eigenvalue weighted by Gasteiger charge is -2.35. The van der Waals surface area contributed by atoms with E-state index in [0.29, 0.717) is 0 Å². The Bertz CT molecular complexity index is 927. The first-order chi connectivity index (χ1) is 12.4. The first kappa shape index (κ1) is 14.0. The molecule has 0 fully saturated rings. The number of rotatable bonds is 2. The monoisotopic (exact) mass is 324 g/mol. The van der Waals surface area contributed by atoms with Crippen molar-refractivity contribution in [1.29, 1.82) is 0 Å². The molecule has 1 unspecified atom stereocenters. The highest BCUT2D eigenvalue weighted by Crippen LogP contribution is 2.45. The summed E-state index contributed by atoms with van der Waals surface area (Å²) in [4.78, 5) is 6.74. The van der Waals surface area contributed by atoms with Crippen molar-refractivity contribution >= 4 is 17.3 Å². The minimum absolute atomic E-state index is 0.0230. The lowest BCUT2D eigenvalue weighted by Crippen LogP contribution is -2.28. The predicted octanol–water partition coefficient (Wildman–Crippen LogP) is 4.70. The fourth-order valence-electron chi connectivity index (χ4n) is 3.54. The van der Waals surface area contributed by atoms with Crippen molar-refractivity contribution in [3.63, 3.8) is 0 Å². The smallest absolute Gasteiger partial charge is 0.233 e. The van der Waals surface area contributed by atoms with Crippen LogP contribution in [0.5, 0.6) is 0 Å². The van der Waals surface area contributed by atoms with E-state index in [1.807, 2.05) is 28.9 Å². The average molecular weight is 324 g/mol. The molecular formula is C21H16N4. The molecule has 0 N–H and O–H groups in total. The van der Waals surface area contributed by atoms with Gasteiger partial charge >= 0.3 is 0 Å². The number of anilines is 3. The predicted molar refractivity (Wildman–Crippen MR) is 98.4 cm³/mol. The molecule has 0 bridgehead atoms. The van der Waals surface area contributed by atoms with Gasteiger partial charge in [0.15, 0.2) is 0 Å². The van der Waals surface area contributed by atoms with Crippen molar-refractivity contribution in [2.24, 2.45) is 0 Å². The van der Waals surface area contributed by atoms with E-state index in [1.165, 1.54) is 11.1 Å². The quantitative estimate of drug-likeness (QED) is 0.472. The van der Waals surface area contributed by atoms with Crippen molar-refractivity contribution < 1.29 is 0 Å². The van der Waals surface area contributed by atoms with Gasteiger partial charge in [-0.25, -0.2) is 4.68 Å². The van der Waals surface area contributed by atoms with Crippen molar-refractivity contribution in [3.05, 3.63) is 102 Å². The molecule has 25 heavy (non-hydrogen) atoms. The van der Waals surface area contributed by atoms with Crippen LogP contribution in [0.15, 0.2) is 91.3 Å². The second-order valence-corrected chi connectivity index (χ2v) is 6.05. The van der Waals surface area contributed by atoms with Gasteiger partial charge in [-0.2, -0.15) is 10.1 Å². The van der Waals surface area contributed by atoms with Crippen LogP contribution in [0.25, 0.3) is 0 Å². The first-order valence-electron chi connectivity index (χ1n) is 8.32. The zero-order chi connectivity index (χ0) is 16.6. The molecule has 0 amide bonds. The number of hydrogen-bond donors (Lipinski definition) is 0. The second kappa shape index (κ2) is 5.60. The number of benzene rings is 3. The summed E-state index contributed by atoms with van der Waals surface area (Å²) < 4.78 is 2.00. The second-order valence-electron chi connectivity index (χ2n) is 6.05. The molecule has 4 aromatic rings. The number of nitrogens with zero attached hydrogens (tertiary/aromatic N) is 4. The molecule has 1 atom stereocenters.